The fourth-order valence-corrected chi connectivity index (χ4v) is 9.52. The summed E-state index contributed by atoms with van der Waals surface area (Å²) in [4.78, 5) is 48.0. The van der Waals surface area contributed by atoms with Gasteiger partial charge in [0.2, 0.25) is 0 Å². The minimum Gasteiger partial charge on any atom is -0.479 e. The number of carboxylic acid groups (broad SMARTS) is 1. The molecule has 22 heteroatoms. The Morgan fingerprint density at radius 3 is 1.44 bits per heavy atom. The number of ether oxygens (including phenoxy) is 12. The molecule has 3 aliphatic rings. The van der Waals surface area contributed by atoms with Crippen molar-refractivity contribution >= 4 is 17.9 Å². The molecule has 5 aromatic rings. The van der Waals surface area contributed by atoms with E-state index in [9.17, 15) is 30.6 Å². The Bertz CT molecular complexity index is 2780. The summed E-state index contributed by atoms with van der Waals surface area (Å²) in [6.07, 6.45) is -18.3. The van der Waals surface area contributed by atoms with E-state index in [4.69, 9.17) is 56.8 Å². The molecule has 22 nitrogen and oxygen atoms in total. The Morgan fingerprint density at radius 2 is 0.962 bits per heavy atom. The van der Waals surface area contributed by atoms with Crippen LogP contribution in [0.5, 0.6) is 0 Å². The molecule has 0 aromatic heterocycles. The van der Waals surface area contributed by atoms with Crippen molar-refractivity contribution in [3.63, 3.8) is 0 Å². The number of carbonyl (C=O) groups excluding carboxylic acids is 2. The van der Waals surface area contributed by atoms with Gasteiger partial charge in [-0.25, -0.2) is 14.4 Å². The molecule has 0 saturated carbocycles. The first kappa shape index (κ1) is 56.9. The lowest BCUT2D eigenvalue weighted by Crippen LogP contribution is -2.68. The van der Waals surface area contributed by atoms with Crippen molar-refractivity contribution in [3.05, 3.63) is 200 Å². The average Bonchev–Trinajstić information content (AvgIpc) is 3.64. The van der Waals surface area contributed by atoms with E-state index >= 15 is 0 Å². The molecular formula is C56H60N6O16. The van der Waals surface area contributed by atoms with Gasteiger partial charge in [-0.3, -0.25) is 0 Å². The van der Waals surface area contributed by atoms with Crippen LogP contribution in [0.25, 0.3) is 20.9 Å². The predicted octanol–water partition coefficient (Wildman–Crippen LogP) is 8.28. The second kappa shape index (κ2) is 28.4. The molecule has 0 aliphatic carbocycles. The molecule has 8 unspecified atom stereocenters. The molecule has 3 fully saturated rings. The Kier molecular flexibility index (Phi) is 20.7. The van der Waals surface area contributed by atoms with E-state index in [0.29, 0.717) is 5.56 Å². The first-order chi connectivity index (χ1) is 38.1. The number of nitrogens with zero attached hydrogens (tertiary/aromatic N) is 6. The van der Waals surface area contributed by atoms with Crippen LogP contribution in [0.2, 0.25) is 0 Å². The average molecular weight is 1070 g/mol. The summed E-state index contributed by atoms with van der Waals surface area (Å²) in [6, 6.07) is 40.9. The Hall–Kier alpha value is -7.27. The van der Waals surface area contributed by atoms with Crippen molar-refractivity contribution in [3.8, 4) is 0 Å². The molecule has 3 aliphatic heterocycles. The number of benzene rings is 5. The van der Waals surface area contributed by atoms with Crippen molar-refractivity contribution in [1.82, 2.24) is 0 Å². The molecule has 0 spiro atoms. The second-order valence-electron chi connectivity index (χ2n) is 18.3. The Labute approximate surface area is 449 Å². The zero-order valence-corrected chi connectivity index (χ0v) is 42.9. The number of carbonyl (C=O) groups is 3. The van der Waals surface area contributed by atoms with Crippen molar-refractivity contribution in [2.45, 2.75) is 125 Å². The van der Waals surface area contributed by atoms with Crippen LogP contribution in [-0.4, -0.2) is 136 Å². The number of carboxylic acids is 1. The molecule has 410 valence electrons. The maximum absolute atomic E-state index is 14.4. The summed E-state index contributed by atoms with van der Waals surface area (Å²) in [6.45, 7) is 1.14. The van der Waals surface area contributed by atoms with E-state index in [1.165, 1.54) is 26.4 Å². The highest BCUT2D eigenvalue weighted by molar-refractivity contribution is 5.90. The standard InChI is InChI=1S/C56H60N6O16/c1-4-39-44(46(41(59-61-57)54(68-3)73-39)70-31-35-22-12-6-13-23-35)76-56-50(75-53(66)38-28-18-9-19-29-38)47(71-32-36-24-14-7-15-25-36)48(49(78-56)51(63)64)77-55-42(60-62-58)45(69-30-34-20-10-5-11-21-34)43(67-2)40(74-55)33-72-52(65)37-26-16-8-17-27-37/h5-29,39-50,54-56H,4,30-33H2,1-3H3,(H,63,64)/t39?,40?,41-,42-,43?,44?,45+,46+,47?,48-,49+,50?,54?,55?,56+/m0/s1. The third kappa shape index (κ3) is 14.3. The summed E-state index contributed by atoms with van der Waals surface area (Å²) in [5.41, 5.74) is 22.5. The maximum atomic E-state index is 14.4. The maximum Gasteiger partial charge on any atom is 0.338 e. The van der Waals surface area contributed by atoms with Crippen molar-refractivity contribution in [2.75, 3.05) is 20.8 Å². The summed E-state index contributed by atoms with van der Waals surface area (Å²) >= 11 is 0. The quantitative estimate of drug-likeness (QED) is 0.0263. The Morgan fingerprint density at radius 1 is 0.513 bits per heavy atom. The lowest BCUT2D eigenvalue weighted by atomic mass is 9.93. The van der Waals surface area contributed by atoms with Gasteiger partial charge in [0, 0.05) is 24.0 Å². The first-order valence-corrected chi connectivity index (χ1v) is 25.2. The van der Waals surface area contributed by atoms with E-state index in [1.807, 2.05) is 67.6 Å². The van der Waals surface area contributed by atoms with Crippen LogP contribution in [0.4, 0.5) is 0 Å². The van der Waals surface area contributed by atoms with Gasteiger partial charge < -0.3 is 61.9 Å². The number of hydrogen-bond donors (Lipinski definition) is 1. The fourth-order valence-electron chi connectivity index (χ4n) is 9.52. The summed E-state index contributed by atoms with van der Waals surface area (Å²) in [5.74, 6) is -3.15. The lowest BCUT2D eigenvalue weighted by molar-refractivity contribution is -0.366. The van der Waals surface area contributed by atoms with E-state index in [-0.39, 0.29) is 37.4 Å². The smallest absolute Gasteiger partial charge is 0.338 e. The van der Waals surface area contributed by atoms with Gasteiger partial charge in [0.05, 0.1) is 37.1 Å². The Balaban J connectivity index is 1.22. The van der Waals surface area contributed by atoms with Crippen LogP contribution in [-0.2, 0) is 81.5 Å². The van der Waals surface area contributed by atoms with Crippen LogP contribution in [0.3, 0.4) is 0 Å². The summed E-state index contributed by atoms with van der Waals surface area (Å²) in [7, 11) is 2.77. The molecular weight excluding hydrogens is 1010 g/mol. The number of rotatable bonds is 24. The van der Waals surface area contributed by atoms with Crippen LogP contribution in [0, 0.1) is 0 Å². The minimum atomic E-state index is -2.04. The molecule has 0 radical (unpaired) electrons. The van der Waals surface area contributed by atoms with Crippen LogP contribution >= 0.6 is 0 Å². The van der Waals surface area contributed by atoms with Gasteiger partial charge in [-0.05, 0) is 58.4 Å². The van der Waals surface area contributed by atoms with E-state index in [0.717, 1.165) is 11.1 Å². The minimum absolute atomic E-state index is 0.00424. The molecule has 0 amide bonds. The van der Waals surface area contributed by atoms with Crippen molar-refractivity contribution in [1.29, 1.82) is 0 Å². The highest BCUT2D eigenvalue weighted by Gasteiger charge is 2.58. The normalized spacial score (nSPS) is 28.7. The zero-order chi connectivity index (χ0) is 54.8. The van der Waals surface area contributed by atoms with Gasteiger partial charge in [-0.1, -0.05) is 145 Å². The van der Waals surface area contributed by atoms with Crippen LogP contribution in [0.15, 0.2) is 162 Å². The number of hydrogen-bond acceptors (Lipinski definition) is 17. The molecule has 0 bridgehead atoms. The zero-order valence-electron chi connectivity index (χ0n) is 42.9. The van der Waals surface area contributed by atoms with E-state index in [1.54, 1.807) is 78.9 Å². The summed E-state index contributed by atoms with van der Waals surface area (Å²) < 4.78 is 76.6. The number of esters is 2. The van der Waals surface area contributed by atoms with E-state index in [2.05, 4.69) is 20.1 Å². The third-order valence-corrected chi connectivity index (χ3v) is 13.3. The monoisotopic (exact) mass is 1070 g/mol. The molecule has 3 saturated heterocycles. The van der Waals surface area contributed by atoms with Gasteiger partial charge in [0.1, 0.15) is 61.4 Å². The highest BCUT2D eigenvalue weighted by atomic mass is 16.8. The molecule has 78 heavy (non-hydrogen) atoms. The molecule has 3 heterocycles. The van der Waals surface area contributed by atoms with Gasteiger partial charge >= 0.3 is 17.9 Å². The second-order valence-corrected chi connectivity index (χ2v) is 18.3. The molecule has 1 N–H and O–H groups in total. The number of aliphatic carboxylic acids is 1. The van der Waals surface area contributed by atoms with Gasteiger partial charge in [0.15, 0.2) is 31.1 Å². The van der Waals surface area contributed by atoms with Crippen molar-refractivity contribution < 1.29 is 76.3 Å². The van der Waals surface area contributed by atoms with Crippen molar-refractivity contribution in [2.24, 2.45) is 10.2 Å². The van der Waals surface area contributed by atoms with Crippen LogP contribution in [0.1, 0.15) is 50.8 Å². The van der Waals surface area contributed by atoms with E-state index < -0.39 is 117 Å². The topological polar surface area (TPSA) is 280 Å². The van der Waals surface area contributed by atoms with Crippen LogP contribution < -0.4 is 0 Å². The third-order valence-electron chi connectivity index (χ3n) is 13.3. The molecule has 5 aromatic carbocycles. The SMILES string of the molecule is CCC1OC(OC)[C@@H](N=[N+]=[N-])[C@@H](OCc2ccccc2)C1O[C@@H]1O[C@@H](C(=O)O)[C@@H](OC2OC(COC(=O)c3ccccc3)C(OC)[C@H](OCc3ccccc3)[C@@H]2N=[N+]=[N-])C(OCc2ccccc2)C1OC(=O)c1ccccc1. The predicted molar refractivity (Wildman–Crippen MR) is 275 cm³/mol. The number of methoxy groups -OCH3 is 2. The van der Waals surface area contributed by atoms with Gasteiger partial charge in [-0.2, -0.15) is 0 Å². The summed E-state index contributed by atoms with van der Waals surface area (Å²) in [5, 5.41) is 19.4. The largest absolute Gasteiger partial charge is 0.479 e. The molecule has 8 rings (SSSR count). The highest BCUT2D eigenvalue weighted by Crippen LogP contribution is 2.39. The molecule has 15 atom stereocenters. The lowest BCUT2D eigenvalue weighted by Gasteiger charge is -2.50. The van der Waals surface area contributed by atoms with Gasteiger partial charge in [0.25, 0.3) is 0 Å². The first-order valence-electron chi connectivity index (χ1n) is 25.2. The fraction of sp³-hybridized carbons (Fsp3) is 0.411. The number of azide groups is 2. The van der Waals surface area contributed by atoms with Gasteiger partial charge in [-0.15, -0.1) is 0 Å².